The molecule has 0 aliphatic rings. The van der Waals surface area contributed by atoms with E-state index in [-0.39, 0.29) is 30.7 Å². The van der Waals surface area contributed by atoms with E-state index in [9.17, 15) is 14.0 Å². The number of amides is 2. The summed E-state index contributed by atoms with van der Waals surface area (Å²) < 4.78 is 18.1. The Morgan fingerprint density at radius 3 is 2.30 bits per heavy atom. The van der Waals surface area contributed by atoms with E-state index in [1.807, 2.05) is 6.92 Å². The standard InChI is InChI=1S/C19H21ClFN3O3/c1-12-8-16(17(27-3)9-15(12)20)23-19(26)11-24(2)10-18(25)22-14-6-4-13(21)5-7-14/h4-9H,10-11H2,1-3H3,(H,22,25)(H,23,26). The molecule has 0 bridgehead atoms. The normalized spacial score (nSPS) is 10.6. The van der Waals surface area contributed by atoms with Crippen molar-refractivity contribution in [2.24, 2.45) is 0 Å². The lowest BCUT2D eigenvalue weighted by Crippen LogP contribution is -2.36. The molecule has 0 fully saturated rings. The van der Waals surface area contributed by atoms with Crippen molar-refractivity contribution in [2.45, 2.75) is 6.92 Å². The first-order valence-electron chi connectivity index (χ1n) is 8.16. The maximum Gasteiger partial charge on any atom is 0.238 e. The number of anilines is 2. The van der Waals surface area contributed by atoms with Crippen molar-refractivity contribution < 1.29 is 18.7 Å². The summed E-state index contributed by atoms with van der Waals surface area (Å²) in [5, 5.41) is 5.93. The van der Waals surface area contributed by atoms with Crippen LogP contribution in [0.5, 0.6) is 5.75 Å². The van der Waals surface area contributed by atoms with Gasteiger partial charge in [-0.15, -0.1) is 0 Å². The SMILES string of the molecule is COc1cc(Cl)c(C)cc1NC(=O)CN(C)CC(=O)Nc1ccc(F)cc1. The number of carbonyl (C=O) groups is 2. The molecular weight excluding hydrogens is 373 g/mol. The van der Waals surface area contributed by atoms with Crippen LogP contribution in [0.15, 0.2) is 36.4 Å². The predicted molar refractivity (Wildman–Crippen MR) is 104 cm³/mol. The molecule has 2 amide bonds. The Morgan fingerprint density at radius 2 is 1.70 bits per heavy atom. The number of nitrogens with one attached hydrogen (secondary N) is 2. The van der Waals surface area contributed by atoms with Crippen LogP contribution in [0.3, 0.4) is 0 Å². The highest BCUT2D eigenvalue weighted by atomic mass is 35.5. The number of benzene rings is 2. The number of methoxy groups -OCH3 is 1. The van der Waals surface area contributed by atoms with Gasteiger partial charge in [-0.25, -0.2) is 4.39 Å². The highest BCUT2D eigenvalue weighted by Gasteiger charge is 2.14. The van der Waals surface area contributed by atoms with Crippen molar-refractivity contribution >= 4 is 34.8 Å². The van der Waals surface area contributed by atoms with Gasteiger partial charge in [0, 0.05) is 16.8 Å². The molecule has 2 N–H and O–H groups in total. The van der Waals surface area contributed by atoms with E-state index in [0.29, 0.717) is 22.1 Å². The van der Waals surface area contributed by atoms with Crippen LogP contribution in [0.1, 0.15) is 5.56 Å². The monoisotopic (exact) mass is 393 g/mol. The van der Waals surface area contributed by atoms with Gasteiger partial charge < -0.3 is 15.4 Å². The Hall–Kier alpha value is -2.64. The van der Waals surface area contributed by atoms with Crippen LogP contribution in [0, 0.1) is 12.7 Å². The molecule has 8 heteroatoms. The van der Waals surface area contributed by atoms with Gasteiger partial charge in [0.05, 0.1) is 25.9 Å². The summed E-state index contributed by atoms with van der Waals surface area (Å²) in [4.78, 5) is 25.8. The summed E-state index contributed by atoms with van der Waals surface area (Å²) in [6.07, 6.45) is 0. The molecule has 0 radical (unpaired) electrons. The molecule has 27 heavy (non-hydrogen) atoms. The Bertz CT molecular complexity index is 828. The number of carbonyl (C=O) groups excluding carboxylic acids is 2. The topological polar surface area (TPSA) is 70.7 Å². The molecule has 2 aromatic rings. The molecule has 0 aromatic heterocycles. The highest BCUT2D eigenvalue weighted by Crippen LogP contribution is 2.30. The first-order chi connectivity index (χ1) is 12.8. The second-order valence-corrected chi connectivity index (χ2v) is 6.48. The van der Waals surface area contributed by atoms with Crippen molar-refractivity contribution in [1.29, 1.82) is 0 Å². The molecular formula is C19H21ClFN3O3. The number of aryl methyl sites for hydroxylation is 1. The molecule has 0 aliphatic carbocycles. The van der Waals surface area contributed by atoms with Gasteiger partial charge in [-0.1, -0.05) is 11.6 Å². The van der Waals surface area contributed by atoms with Crippen molar-refractivity contribution in [2.75, 3.05) is 37.9 Å². The van der Waals surface area contributed by atoms with Crippen LogP contribution >= 0.6 is 11.6 Å². The molecule has 0 saturated carbocycles. The zero-order valence-electron chi connectivity index (χ0n) is 15.3. The first-order valence-corrected chi connectivity index (χ1v) is 8.54. The highest BCUT2D eigenvalue weighted by molar-refractivity contribution is 6.31. The van der Waals surface area contributed by atoms with Gasteiger partial charge in [-0.2, -0.15) is 0 Å². The summed E-state index contributed by atoms with van der Waals surface area (Å²) >= 11 is 6.05. The summed E-state index contributed by atoms with van der Waals surface area (Å²) in [6.45, 7) is 1.83. The first kappa shape index (κ1) is 20.7. The van der Waals surface area contributed by atoms with E-state index < -0.39 is 0 Å². The fourth-order valence-electron chi connectivity index (χ4n) is 2.40. The number of likely N-dealkylation sites (N-methyl/N-ethyl adjacent to an activating group) is 1. The Kier molecular flexibility index (Phi) is 7.15. The van der Waals surface area contributed by atoms with Crippen molar-refractivity contribution in [3.8, 4) is 5.75 Å². The lowest BCUT2D eigenvalue weighted by molar-refractivity contribution is -0.119. The Morgan fingerprint density at radius 1 is 1.11 bits per heavy atom. The zero-order chi connectivity index (χ0) is 20.0. The van der Waals surface area contributed by atoms with Crippen molar-refractivity contribution in [3.63, 3.8) is 0 Å². The average molecular weight is 394 g/mol. The molecule has 6 nitrogen and oxygen atoms in total. The van der Waals surface area contributed by atoms with E-state index >= 15 is 0 Å². The third-order valence-electron chi connectivity index (χ3n) is 3.71. The maximum atomic E-state index is 12.9. The van der Waals surface area contributed by atoms with Gasteiger partial charge in [-0.05, 0) is 49.9 Å². The predicted octanol–water partition coefficient (Wildman–Crippen LogP) is 3.31. The van der Waals surface area contributed by atoms with Crippen LogP contribution < -0.4 is 15.4 Å². The molecule has 2 rings (SSSR count). The number of halogens is 2. The Balaban J connectivity index is 1.89. The van der Waals surface area contributed by atoms with E-state index in [4.69, 9.17) is 16.3 Å². The molecule has 2 aromatic carbocycles. The summed E-state index contributed by atoms with van der Waals surface area (Å²) in [7, 11) is 3.14. The largest absolute Gasteiger partial charge is 0.495 e. The van der Waals surface area contributed by atoms with Crippen LogP contribution in [-0.2, 0) is 9.59 Å². The lowest BCUT2D eigenvalue weighted by Gasteiger charge is -2.17. The molecule has 0 saturated heterocycles. The Labute approximate surface area is 162 Å². The minimum absolute atomic E-state index is 0.00156. The van der Waals surface area contributed by atoms with Crippen LogP contribution in [0.25, 0.3) is 0 Å². The molecule has 0 heterocycles. The lowest BCUT2D eigenvalue weighted by atomic mass is 10.2. The fraction of sp³-hybridized carbons (Fsp3) is 0.263. The molecule has 0 aliphatic heterocycles. The third kappa shape index (κ3) is 6.23. The zero-order valence-corrected chi connectivity index (χ0v) is 16.1. The van der Waals surface area contributed by atoms with Crippen LogP contribution in [-0.4, -0.2) is 44.0 Å². The maximum absolute atomic E-state index is 12.9. The van der Waals surface area contributed by atoms with Gasteiger partial charge in [0.2, 0.25) is 11.8 Å². The number of hydrogen-bond acceptors (Lipinski definition) is 4. The molecule has 0 atom stereocenters. The number of nitrogens with zero attached hydrogens (tertiary/aromatic N) is 1. The van der Waals surface area contributed by atoms with E-state index in [1.54, 1.807) is 24.1 Å². The summed E-state index contributed by atoms with van der Waals surface area (Å²) in [5.74, 6) is -0.533. The minimum Gasteiger partial charge on any atom is -0.495 e. The quantitative estimate of drug-likeness (QED) is 0.757. The second kappa shape index (κ2) is 9.34. The molecule has 0 unspecified atom stereocenters. The van der Waals surface area contributed by atoms with Gasteiger partial charge in [-0.3, -0.25) is 14.5 Å². The van der Waals surface area contributed by atoms with Gasteiger partial charge in [0.1, 0.15) is 11.6 Å². The van der Waals surface area contributed by atoms with Crippen LogP contribution in [0.4, 0.5) is 15.8 Å². The summed E-state index contributed by atoms with van der Waals surface area (Å²) in [5.41, 5.74) is 1.80. The molecule has 144 valence electrons. The minimum atomic E-state index is -0.380. The number of hydrogen-bond donors (Lipinski definition) is 2. The number of ether oxygens (including phenoxy) is 1. The molecule has 0 spiro atoms. The van der Waals surface area contributed by atoms with Crippen LogP contribution in [0.2, 0.25) is 5.02 Å². The smallest absolute Gasteiger partial charge is 0.238 e. The van der Waals surface area contributed by atoms with Crippen molar-refractivity contribution in [1.82, 2.24) is 4.90 Å². The van der Waals surface area contributed by atoms with Gasteiger partial charge >= 0.3 is 0 Å². The average Bonchev–Trinajstić information content (AvgIpc) is 2.59. The third-order valence-corrected chi connectivity index (χ3v) is 4.12. The van der Waals surface area contributed by atoms with E-state index in [2.05, 4.69) is 10.6 Å². The summed E-state index contributed by atoms with van der Waals surface area (Å²) in [6, 6.07) is 8.80. The van der Waals surface area contributed by atoms with E-state index in [1.165, 1.54) is 31.4 Å². The number of rotatable bonds is 7. The van der Waals surface area contributed by atoms with Gasteiger partial charge in [0.25, 0.3) is 0 Å². The fourth-order valence-corrected chi connectivity index (χ4v) is 2.55. The van der Waals surface area contributed by atoms with Gasteiger partial charge in [0.15, 0.2) is 0 Å². The second-order valence-electron chi connectivity index (χ2n) is 6.08. The van der Waals surface area contributed by atoms with E-state index in [0.717, 1.165) is 5.56 Å². The van der Waals surface area contributed by atoms with Crippen molar-refractivity contribution in [3.05, 3.63) is 52.8 Å².